The third-order valence-corrected chi connectivity index (χ3v) is 5.16. The summed E-state index contributed by atoms with van der Waals surface area (Å²) in [7, 11) is 2.57. The molecule has 0 atom stereocenters. The number of benzene rings is 1. The van der Waals surface area contributed by atoms with Crippen LogP contribution in [-0.4, -0.2) is 45.9 Å². The monoisotopic (exact) mass is 356 g/mol. The maximum absolute atomic E-state index is 13.7. The highest BCUT2D eigenvalue weighted by atomic mass is 32.2. The summed E-state index contributed by atoms with van der Waals surface area (Å²) in [6.45, 7) is 0.883. The Balaban J connectivity index is 2.04. The van der Waals surface area contributed by atoms with E-state index in [0.29, 0.717) is 18.8 Å². The van der Waals surface area contributed by atoms with Crippen molar-refractivity contribution in [1.29, 1.82) is 0 Å². The molecule has 24 heavy (non-hydrogen) atoms. The number of sulfonamides is 1. The van der Waals surface area contributed by atoms with Crippen LogP contribution in [0.1, 0.15) is 11.3 Å². The molecule has 0 radical (unpaired) electrons. The van der Waals surface area contributed by atoms with E-state index in [0.717, 1.165) is 9.87 Å². The van der Waals surface area contributed by atoms with Crippen LogP contribution < -0.4 is 4.74 Å². The van der Waals surface area contributed by atoms with Crippen LogP contribution in [0.25, 0.3) is 0 Å². The van der Waals surface area contributed by atoms with Gasteiger partial charge in [0.25, 0.3) is 10.0 Å². The second-order valence-corrected chi connectivity index (χ2v) is 7.73. The second-order valence-electron chi connectivity index (χ2n) is 5.65. The zero-order valence-corrected chi connectivity index (χ0v) is 14.9. The number of hydrogen-bond acceptors (Lipinski definition) is 5. The number of methoxy groups -OCH3 is 1. The number of ether oxygens (including phenoxy) is 1. The molecule has 6 nitrogen and oxygen atoms in total. The summed E-state index contributed by atoms with van der Waals surface area (Å²) in [6, 6.07) is 7.84. The molecule has 0 fully saturated rings. The van der Waals surface area contributed by atoms with E-state index in [2.05, 4.69) is 0 Å². The lowest BCUT2D eigenvalue weighted by molar-refractivity contribution is 0.273. The Morgan fingerprint density at radius 3 is 2.42 bits per heavy atom. The first-order valence-corrected chi connectivity index (χ1v) is 8.70. The molecule has 1 heterocycles. The van der Waals surface area contributed by atoms with Crippen molar-refractivity contribution >= 4 is 10.0 Å². The molecule has 0 aliphatic rings. The average Bonchev–Trinajstić information content (AvgIpc) is 2.96. The Morgan fingerprint density at radius 1 is 1.12 bits per heavy atom. The predicted molar refractivity (Wildman–Crippen MR) is 87.7 cm³/mol. The summed E-state index contributed by atoms with van der Waals surface area (Å²) in [6.07, 6.45) is 0. The van der Waals surface area contributed by atoms with Gasteiger partial charge in [0.05, 0.1) is 13.7 Å². The molecule has 0 bridgehead atoms. The van der Waals surface area contributed by atoms with Gasteiger partial charge in [-0.15, -0.1) is 0 Å². The second kappa shape index (κ2) is 7.33. The average molecular weight is 356 g/mol. The largest absolute Gasteiger partial charge is 0.494 e. The Kier molecular flexibility index (Phi) is 5.63. The van der Waals surface area contributed by atoms with Gasteiger partial charge in [-0.1, -0.05) is 6.07 Å². The number of rotatable bonds is 7. The van der Waals surface area contributed by atoms with Crippen LogP contribution in [0.5, 0.6) is 5.75 Å². The highest BCUT2D eigenvalue weighted by Crippen LogP contribution is 2.20. The van der Waals surface area contributed by atoms with Gasteiger partial charge in [-0.2, -0.15) is 0 Å². The molecule has 0 amide bonds. The Morgan fingerprint density at radius 2 is 1.83 bits per heavy atom. The number of furan rings is 1. The van der Waals surface area contributed by atoms with Gasteiger partial charge in [-0.3, -0.25) is 4.90 Å². The first-order chi connectivity index (χ1) is 11.2. The normalized spacial score (nSPS) is 12.1. The van der Waals surface area contributed by atoms with Crippen LogP contribution in [-0.2, 0) is 23.1 Å². The maximum atomic E-state index is 13.7. The summed E-state index contributed by atoms with van der Waals surface area (Å²) in [5, 5.41) is -0.0913. The molecular weight excluding hydrogens is 335 g/mol. The Bertz CT molecular complexity index is 802. The van der Waals surface area contributed by atoms with E-state index in [1.807, 2.05) is 11.9 Å². The summed E-state index contributed by atoms with van der Waals surface area (Å²) in [4.78, 5) is 1.89. The molecule has 1 aromatic carbocycles. The molecule has 0 aliphatic carbocycles. The smallest absolute Gasteiger partial charge is 0.275 e. The fourth-order valence-electron chi connectivity index (χ4n) is 2.20. The van der Waals surface area contributed by atoms with Gasteiger partial charge in [0.2, 0.25) is 5.09 Å². The van der Waals surface area contributed by atoms with E-state index in [1.165, 1.54) is 33.3 Å². The van der Waals surface area contributed by atoms with Crippen molar-refractivity contribution < 1.29 is 22.0 Å². The lowest BCUT2D eigenvalue weighted by Crippen LogP contribution is -2.21. The molecule has 1 aromatic heterocycles. The van der Waals surface area contributed by atoms with Gasteiger partial charge in [0.1, 0.15) is 5.76 Å². The van der Waals surface area contributed by atoms with Crippen molar-refractivity contribution in [1.82, 2.24) is 9.21 Å². The van der Waals surface area contributed by atoms with Crippen molar-refractivity contribution in [2.45, 2.75) is 18.2 Å². The van der Waals surface area contributed by atoms with Gasteiger partial charge in [-0.25, -0.2) is 17.1 Å². The third kappa shape index (κ3) is 4.14. The SMILES string of the molecule is COc1ccc(CN(C)Cc2ccc(S(=O)(=O)N(C)C)o2)cc1F. The lowest BCUT2D eigenvalue weighted by Gasteiger charge is -2.16. The van der Waals surface area contributed by atoms with Crippen molar-refractivity contribution in [3.05, 3.63) is 47.5 Å². The minimum absolute atomic E-state index is 0.0913. The van der Waals surface area contributed by atoms with Crippen LogP contribution in [0, 0.1) is 5.82 Å². The topological polar surface area (TPSA) is 63.0 Å². The minimum atomic E-state index is -3.58. The van der Waals surface area contributed by atoms with Crippen LogP contribution in [0.2, 0.25) is 0 Å². The highest BCUT2D eigenvalue weighted by Gasteiger charge is 2.21. The molecule has 0 unspecified atom stereocenters. The molecule has 2 rings (SSSR count). The zero-order valence-electron chi connectivity index (χ0n) is 14.1. The van der Waals surface area contributed by atoms with E-state index < -0.39 is 15.8 Å². The molecule has 2 aromatic rings. The highest BCUT2D eigenvalue weighted by molar-refractivity contribution is 7.88. The van der Waals surface area contributed by atoms with Crippen LogP contribution in [0.15, 0.2) is 39.8 Å². The van der Waals surface area contributed by atoms with Gasteiger partial charge in [0, 0.05) is 20.6 Å². The van der Waals surface area contributed by atoms with E-state index >= 15 is 0 Å². The van der Waals surface area contributed by atoms with Crippen molar-refractivity contribution in [3.63, 3.8) is 0 Å². The Labute approximate surface area is 141 Å². The van der Waals surface area contributed by atoms with Gasteiger partial charge in [0.15, 0.2) is 11.6 Å². The fourth-order valence-corrected chi connectivity index (χ4v) is 3.02. The zero-order chi connectivity index (χ0) is 17.9. The molecule has 132 valence electrons. The first-order valence-electron chi connectivity index (χ1n) is 7.26. The third-order valence-electron chi connectivity index (χ3n) is 3.47. The van der Waals surface area contributed by atoms with Crippen molar-refractivity contribution in [2.24, 2.45) is 0 Å². The number of halogens is 1. The summed E-state index contributed by atoms with van der Waals surface area (Å²) in [5.74, 6) is 0.304. The number of nitrogens with zero attached hydrogens (tertiary/aromatic N) is 2. The molecule has 0 saturated heterocycles. The van der Waals surface area contributed by atoms with E-state index in [9.17, 15) is 12.8 Å². The molecule has 0 spiro atoms. The fraction of sp³-hybridized carbons (Fsp3) is 0.375. The van der Waals surface area contributed by atoms with Gasteiger partial charge in [-0.05, 0) is 36.9 Å². The van der Waals surface area contributed by atoms with E-state index in [-0.39, 0.29) is 10.8 Å². The predicted octanol–water partition coefficient (Wildman–Crippen LogP) is 2.31. The van der Waals surface area contributed by atoms with Crippen LogP contribution >= 0.6 is 0 Å². The van der Waals surface area contributed by atoms with Crippen molar-refractivity contribution in [3.8, 4) is 5.75 Å². The molecule has 0 N–H and O–H groups in total. The quantitative estimate of drug-likeness (QED) is 0.762. The standard InChI is InChI=1S/C16H21FN2O4S/c1-18(2)24(20,21)16-8-6-13(23-16)11-19(3)10-12-5-7-15(22-4)14(17)9-12/h5-9H,10-11H2,1-4H3. The first kappa shape index (κ1) is 18.4. The summed E-state index contributed by atoms with van der Waals surface area (Å²) in [5.41, 5.74) is 0.781. The van der Waals surface area contributed by atoms with E-state index in [1.54, 1.807) is 18.2 Å². The summed E-state index contributed by atoms with van der Waals surface area (Å²) >= 11 is 0. The van der Waals surface area contributed by atoms with Gasteiger partial charge >= 0.3 is 0 Å². The van der Waals surface area contributed by atoms with E-state index in [4.69, 9.17) is 9.15 Å². The van der Waals surface area contributed by atoms with Crippen molar-refractivity contribution in [2.75, 3.05) is 28.3 Å². The molecular formula is C16H21FN2O4S. The Hall–Kier alpha value is -1.90. The lowest BCUT2D eigenvalue weighted by atomic mass is 10.2. The minimum Gasteiger partial charge on any atom is -0.494 e. The van der Waals surface area contributed by atoms with Crippen LogP contribution in [0.3, 0.4) is 0 Å². The number of hydrogen-bond donors (Lipinski definition) is 0. The maximum Gasteiger partial charge on any atom is 0.275 e. The molecule has 8 heteroatoms. The van der Waals surface area contributed by atoms with Crippen LogP contribution in [0.4, 0.5) is 4.39 Å². The summed E-state index contributed by atoms with van der Waals surface area (Å²) < 4.78 is 49.1. The van der Waals surface area contributed by atoms with Gasteiger partial charge < -0.3 is 9.15 Å². The molecule has 0 aliphatic heterocycles. The molecule has 0 saturated carbocycles.